The number of carboxylic acids is 1. The van der Waals surface area contributed by atoms with Crippen LogP contribution in [0.1, 0.15) is 21.6 Å². The molecule has 0 spiro atoms. The summed E-state index contributed by atoms with van der Waals surface area (Å²) in [6, 6.07) is 12.1. The lowest BCUT2D eigenvalue weighted by Crippen LogP contribution is -2.16. The normalized spacial score (nSPS) is 11.7. The highest BCUT2D eigenvalue weighted by Crippen LogP contribution is 2.30. The Kier molecular flexibility index (Phi) is 5.67. The van der Waals surface area contributed by atoms with E-state index in [2.05, 4.69) is 16.8 Å². The summed E-state index contributed by atoms with van der Waals surface area (Å²) in [6.07, 6.45) is 2.85. The molecule has 1 N–H and O–H groups in total. The lowest BCUT2D eigenvalue weighted by molar-refractivity contribution is 0.0697. The quantitative estimate of drug-likeness (QED) is 0.594. The van der Waals surface area contributed by atoms with Gasteiger partial charge in [0, 0.05) is 17.3 Å². The first-order valence-electron chi connectivity index (χ1n) is 8.33. The fourth-order valence-electron chi connectivity index (χ4n) is 2.77. The van der Waals surface area contributed by atoms with E-state index in [4.69, 9.17) is 16.7 Å². The van der Waals surface area contributed by atoms with Crippen LogP contribution in [0.2, 0.25) is 5.02 Å². The van der Waals surface area contributed by atoms with Gasteiger partial charge in [0.05, 0.1) is 22.0 Å². The maximum atomic E-state index is 13.2. The second-order valence-electron chi connectivity index (χ2n) is 6.02. The number of aromatic carboxylic acids is 1. The van der Waals surface area contributed by atoms with E-state index < -0.39 is 16.0 Å². The van der Waals surface area contributed by atoms with E-state index in [-0.39, 0.29) is 21.2 Å². The monoisotopic (exact) mass is 429 g/mol. The fraction of sp³-hybridized carbons (Fsp3) is 0.0500. The average molecular weight is 430 g/mol. The number of aliphatic imine (C=N–C) groups is 1. The van der Waals surface area contributed by atoms with Crippen molar-refractivity contribution in [1.82, 2.24) is 9.19 Å². The van der Waals surface area contributed by atoms with Crippen LogP contribution >= 0.6 is 11.6 Å². The molecule has 148 valence electrons. The molecule has 0 unspecified atom stereocenters. The van der Waals surface area contributed by atoms with Crippen LogP contribution in [-0.4, -0.2) is 35.4 Å². The van der Waals surface area contributed by atoms with Crippen LogP contribution in [0.25, 0.3) is 17.3 Å². The molecule has 1 heterocycles. The zero-order valence-electron chi connectivity index (χ0n) is 15.3. The Hall–Kier alpha value is -3.23. The summed E-state index contributed by atoms with van der Waals surface area (Å²) in [7, 11) is -4.10. The van der Waals surface area contributed by atoms with Crippen molar-refractivity contribution >= 4 is 40.4 Å². The van der Waals surface area contributed by atoms with Gasteiger partial charge in [-0.2, -0.15) is 17.6 Å². The van der Waals surface area contributed by atoms with Crippen molar-refractivity contribution in [3.63, 3.8) is 0 Å². The second kappa shape index (κ2) is 8.02. The van der Waals surface area contributed by atoms with Crippen LogP contribution < -0.4 is 0 Å². The number of nitrogens with zero attached hydrogens (tertiary/aromatic N) is 3. The van der Waals surface area contributed by atoms with Gasteiger partial charge in [0.15, 0.2) is 0 Å². The number of rotatable bonds is 6. The van der Waals surface area contributed by atoms with Crippen molar-refractivity contribution in [3.8, 4) is 11.3 Å². The molecule has 1 aromatic heterocycles. The smallest absolute Gasteiger partial charge is 0.335 e. The number of carboxylic acid groups (broad SMARTS) is 1. The molecule has 0 saturated heterocycles. The molecule has 7 nitrogen and oxygen atoms in total. The lowest BCUT2D eigenvalue weighted by atomic mass is 10.1. The zero-order chi connectivity index (χ0) is 21.2. The van der Waals surface area contributed by atoms with E-state index in [0.29, 0.717) is 16.8 Å². The number of carbonyl (C=O) groups is 1. The molecular weight excluding hydrogens is 414 g/mol. The third-order valence-corrected chi connectivity index (χ3v) is 6.31. The van der Waals surface area contributed by atoms with E-state index in [9.17, 15) is 13.2 Å². The summed E-state index contributed by atoms with van der Waals surface area (Å²) in [6.45, 7) is 5.09. The molecule has 0 amide bonds. The largest absolute Gasteiger partial charge is 0.478 e. The molecular formula is C20H16ClN3O4S. The number of hydrogen-bond acceptors (Lipinski definition) is 5. The van der Waals surface area contributed by atoms with Crippen molar-refractivity contribution in [2.45, 2.75) is 11.8 Å². The van der Waals surface area contributed by atoms with Crippen LogP contribution in [0.3, 0.4) is 0 Å². The molecule has 0 aliphatic heterocycles. The first-order valence-corrected chi connectivity index (χ1v) is 10.1. The van der Waals surface area contributed by atoms with Gasteiger partial charge in [0.2, 0.25) is 0 Å². The van der Waals surface area contributed by atoms with Crippen molar-refractivity contribution in [2.24, 2.45) is 4.99 Å². The minimum absolute atomic E-state index is 0.0739. The molecule has 0 aliphatic rings. The van der Waals surface area contributed by atoms with E-state index in [1.54, 1.807) is 31.2 Å². The van der Waals surface area contributed by atoms with Crippen LogP contribution in [0.15, 0.2) is 64.6 Å². The Balaban J connectivity index is 2.23. The third kappa shape index (κ3) is 3.85. The molecule has 0 atom stereocenters. The SMILES string of the molecule is C=N/C=C\c1c(C)c(-c2ccc(C(=O)O)cc2)nn1S(=O)(=O)c1ccccc1Cl. The van der Waals surface area contributed by atoms with Gasteiger partial charge >= 0.3 is 5.97 Å². The summed E-state index contributed by atoms with van der Waals surface area (Å²) in [5.41, 5.74) is 1.94. The number of halogens is 1. The predicted molar refractivity (Wildman–Crippen MR) is 112 cm³/mol. The Labute approximate surface area is 172 Å². The molecule has 29 heavy (non-hydrogen) atoms. The van der Waals surface area contributed by atoms with E-state index >= 15 is 0 Å². The number of aromatic nitrogens is 2. The van der Waals surface area contributed by atoms with Gasteiger partial charge in [-0.25, -0.2) is 4.79 Å². The van der Waals surface area contributed by atoms with Crippen molar-refractivity contribution in [3.05, 3.63) is 76.6 Å². The predicted octanol–water partition coefficient (Wildman–Crippen LogP) is 4.12. The third-order valence-electron chi connectivity index (χ3n) is 4.22. The Morgan fingerprint density at radius 1 is 1.21 bits per heavy atom. The molecule has 3 rings (SSSR count). The minimum atomic E-state index is -4.10. The van der Waals surface area contributed by atoms with Crippen molar-refractivity contribution in [2.75, 3.05) is 0 Å². The molecule has 0 bridgehead atoms. The fourth-order valence-corrected chi connectivity index (χ4v) is 4.60. The average Bonchev–Trinajstić information content (AvgIpc) is 3.03. The van der Waals surface area contributed by atoms with Gasteiger partial charge in [-0.05, 0) is 44.0 Å². The standard InChI is InChI=1S/C20H16ClN3O4S/c1-13-17(11-12-22-2)24(29(27,28)18-6-4-3-5-16(18)21)23-19(13)14-7-9-15(10-8-14)20(25)26/h3-12H,2H2,1H3,(H,25,26)/b12-11-. The lowest BCUT2D eigenvalue weighted by Gasteiger charge is -2.08. The Morgan fingerprint density at radius 3 is 2.45 bits per heavy atom. The van der Waals surface area contributed by atoms with Gasteiger partial charge in [-0.3, -0.25) is 4.99 Å². The van der Waals surface area contributed by atoms with E-state index in [1.807, 2.05) is 0 Å². The molecule has 0 saturated carbocycles. The zero-order valence-corrected chi connectivity index (χ0v) is 16.9. The maximum absolute atomic E-state index is 13.2. The highest BCUT2D eigenvalue weighted by molar-refractivity contribution is 7.90. The second-order valence-corrected chi connectivity index (χ2v) is 8.16. The number of hydrogen-bond donors (Lipinski definition) is 1. The van der Waals surface area contributed by atoms with E-state index in [1.165, 1.54) is 36.5 Å². The summed E-state index contributed by atoms with van der Waals surface area (Å²) in [5, 5.41) is 13.4. The molecule has 9 heteroatoms. The minimum Gasteiger partial charge on any atom is -0.478 e. The summed E-state index contributed by atoms with van der Waals surface area (Å²) in [5.74, 6) is -1.05. The molecule has 2 aromatic carbocycles. The molecule has 0 radical (unpaired) electrons. The highest BCUT2D eigenvalue weighted by Gasteiger charge is 2.26. The van der Waals surface area contributed by atoms with Crippen molar-refractivity contribution in [1.29, 1.82) is 0 Å². The van der Waals surface area contributed by atoms with Crippen LogP contribution in [0, 0.1) is 6.92 Å². The van der Waals surface area contributed by atoms with E-state index in [0.717, 1.165) is 4.09 Å². The topological polar surface area (TPSA) is 102 Å². The molecule has 0 fully saturated rings. The van der Waals surface area contributed by atoms with Gasteiger partial charge in [-0.1, -0.05) is 35.9 Å². The highest BCUT2D eigenvalue weighted by atomic mass is 35.5. The Bertz CT molecular complexity index is 1230. The summed E-state index contributed by atoms with van der Waals surface area (Å²) >= 11 is 6.10. The van der Waals surface area contributed by atoms with Crippen molar-refractivity contribution < 1.29 is 18.3 Å². The summed E-state index contributed by atoms with van der Waals surface area (Å²) < 4.78 is 27.4. The maximum Gasteiger partial charge on any atom is 0.335 e. The van der Waals surface area contributed by atoms with Gasteiger partial charge in [0.1, 0.15) is 4.90 Å². The van der Waals surface area contributed by atoms with Gasteiger partial charge in [0.25, 0.3) is 10.0 Å². The molecule has 0 aliphatic carbocycles. The Morgan fingerprint density at radius 2 is 1.86 bits per heavy atom. The first kappa shape index (κ1) is 20.5. The molecule has 3 aromatic rings. The van der Waals surface area contributed by atoms with Gasteiger partial charge in [-0.15, -0.1) is 0 Å². The number of benzene rings is 2. The van der Waals surface area contributed by atoms with Crippen LogP contribution in [0.4, 0.5) is 0 Å². The first-order chi connectivity index (χ1) is 13.8. The summed E-state index contributed by atoms with van der Waals surface area (Å²) in [4.78, 5) is 14.6. The van der Waals surface area contributed by atoms with Gasteiger partial charge < -0.3 is 5.11 Å². The van der Waals surface area contributed by atoms with Crippen LogP contribution in [-0.2, 0) is 10.0 Å². The van der Waals surface area contributed by atoms with Crippen LogP contribution in [0.5, 0.6) is 0 Å².